The summed E-state index contributed by atoms with van der Waals surface area (Å²) in [6.07, 6.45) is 0.154. The summed E-state index contributed by atoms with van der Waals surface area (Å²) in [4.78, 5) is 30.5. The van der Waals surface area contributed by atoms with Gasteiger partial charge in [0.2, 0.25) is 5.91 Å². The first-order chi connectivity index (χ1) is 11.5. The Labute approximate surface area is 150 Å². The Morgan fingerprint density at radius 2 is 1.83 bits per heavy atom. The van der Waals surface area contributed by atoms with E-state index in [0.717, 1.165) is 18.0 Å². The lowest BCUT2D eigenvalue weighted by molar-refractivity contribution is -0.123. The summed E-state index contributed by atoms with van der Waals surface area (Å²) < 4.78 is 0. The van der Waals surface area contributed by atoms with Crippen molar-refractivity contribution < 1.29 is 14.7 Å². The molecule has 0 radical (unpaired) electrons. The van der Waals surface area contributed by atoms with Crippen LogP contribution in [-0.4, -0.2) is 72.1 Å². The molecule has 0 bridgehead atoms. The number of halogens is 2. The molecule has 0 aromatic heterocycles. The van der Waals surface area contributed by atoms with E-state index < -0.39 is 6.04 Å². The second-order valence-corrected chi connectivity index (χ2v) is 6.75. The van der Waals surface area contributed by atoms with E-state index in [1.807, 2.05) is 4.90 Å². The smallest absolute Gasteiger partial charge is 0.251 e. The largest absolute Gasteiger partial charge is 0.395 e. The van der Waals surface area contributed by atoms with E-state index in [2.05, 4.69) is 4.90 Å². The molecule has 8 heteroatoms. The minimum Gasteiger partial charge on any atom is -0.395 e. The highest BCUT2D eigenvalue weighted by atomic mass is 35.5. The zero-order chi connectivity index (χ0) is 17.3. The number of nitrogens with zero attached hydrogens (tertiary/aromatic N) is 3. The Hall–Kier alpha value is -1.18. The first kappa shape index (κ1) is 17.6. The number of hydrogen-bond acceptors (Lipinski definition) is 5. The van der Waals surface area contributed by atoms with Gasteiger partial charge in [0, 0.05) is 32.7 Å². The highest BCUT2D eigenvalue weighted by Crippen LogP contribution is 2.36. The first-order valence-corrected chi connectivity index (χ1v) is 8.66. The summed E-state index contributed by atoms with van der Waals surface area (Å²) in [7, 11) is 0. The minimum atomic E-state index is -0.455. The number of imide groups is 1. The molecule has 1 aromatic rings. The van der Waals surface area contributed by atoms with Gasteiger partial charge in [-0.2, -0.15) is 0 Å². The normalized spacial score (nSPS) is 23.3. The van der Waals surface area contributed by atoms with Gasteiger partial charge in [-0.15, -0.1) is 0 Å². The van der Waals surface area contributed by atoms with Gasteiger partial charge in [0.1, 0.15) is 0 Å². The number of benzene rings is 1. The standard InChI is InChI=1S/C16H19Cl2N3O3/c17-11-2-1-3-12(15(11)18)21-14(23)10-13(16(21)24)20-6-4-19(5-7-20)8-9-22/h1-3,13,22H,4-10H2. The number of anilines is 1. The molecule has 2 aliphatic heterocycles. The molecule has 1 N–H and O–H groups in total. The molecule has 2 saturated heterocycles. The molecule has 2 fully saturated rings. The van der Waals surface area contributed by atoms with Gasteiger partial charge in [-0.25, -0.2) is 4.90 Å². The van der Waals surface area contributed by atoms with E-state index in [-0.39, 0.29) is 29.9 Å². The number of carbonyl (C=O) groups is 2. The van der Waals surface area contributed by atoms with Crippen LogP contribution >= 0.6 is 23.2 Å². The maximum atomic E-state index is 12.8. The third-order valence-electron chi connectivity index (χ3n) is 4.56. The van der Waals surface area contributed by atoms with Crippen LogP contribution in [0.3, 0.4) is 0 Å². The lowest BCUT2D eigenvalue weighted by atomic mass is 10.1. The van der Waals surface area contributed by atoms with Crippen LogP contribution in [0.25, 0.3) is 0 Å². The lowest BCUT2D eigenvalue weighted by Gasteiger charge is -2.36. The van der Waals surface area contributed by atoms with Crippen LogP contribution in [0.4, 0.5) is 5.69 Å². The van der Waals surface area contributed by atoms with Gasteiger partial charge >= 0.3 is 0 Å². The van der Waals surface area contributed by atoms with Crippen molar-refractivity contribution in [2.75, 3.05) is 44.2 Å². The molecule has 2 heterocycles. The Kier molecular flexibility index (Phi) is 5.42. The minimum absolute atomic E-state index is 0.127. The van der Waals surface area contributed by atoms with Crippen molar-refractivity contribution >= 4 is 40.7 Å². The summed E-state index contributed by atoms with van der Waals surface area (Å²) >= 11 is 12.2. The zero-order valence-corrected chi connectivity index (χ0v) is 14.6. The van der Waals surface area contributed by atoms with Crippen LogP contribution in [0, 0.1) is 0 Å². The van der Waals surface area contributed by atoms with Gasteiger partial charge in [0.15, 0.2) is 0 Å². The fraction of sp³-hybridized carbons (Fsp3) is 0.500. The van der Waals surface area contributed by atoms with Gasteiger partial charge in [-0.1, -0.05) is 29.3 Å². The van der Waals surface area contributed by atoms with E-state index >= 15 is 0 Å². The predicted octanol–water partition coefficient (Wildman–Crippen LogP) is 1.24. The number of hydrogen-bond donors (Lipinski definition) is 1. The zero-order valence-electron chi connectivity index (χ0n) is 13.1. The molecular formula is C16H19Cl2N3O3. The molecule has 6 nitrogen and oxygen atoms in total. The summed E-state index contributed by atoms with van der Waals surface area (Å²) in [6.45, 7) is 3.70. The molecule has 1 aromatic carbocycles. The molecular weight excluding hydrogens is 353 g/mol. The third-order valence-corrected chi connectivity index (χ3v) is 5.37. The summed E-state index contributed by atoms with van der Waals surface area (Å²) in [5.74, 6) is -0.508. The highest BCUT2D eigenvalue weighted by Gasteiger charge is 2.44. The van der Waals surface area contributed by atoms with Gasteiger partial charge < -0.3 is 5.11 Å². The summed E-state index contributed by atoms with van der Waals surface area (Å²) in [5.41, 5.74) is 0.348. The number of aliphatic hydroxyl groups excluding tert-OH is 1. The van der Waals surface area contributed by atoms with Crippen LogP contribution in [0.5, 0.6) is 0 Å². The van der Waals surface area contributed by atoms with Crippen molar-refractivity contribution in [1.29, 1.82) is 0 Å². The number of β-amino-alcohol motifs (C(OH)–C–C–N with tert-alkyl or cyclic N) is 1. The summed E-state index contributed by atoms with van der Waals surface area (Å²) in [5, 5.41) is 9.53. The Morgan fingerprint density at radius 1 is 1.12 bits per heavy atom. The Bertz CT molecular complexity index is 647. The van der Waals surface area contributed by atoms with Crippen LogP contribution in [0.2, 0.25) is 10.0 Å². The molecule has 2 amide bonds. The second kappa shape index (κ2) is 7.37. The van der Waals surface area contributed by atoms with Gasteiger partial charge in [-0.3, -0.25) is 19.4 Å². The van der Waals surface area contributed by atoms with Crippen molar-refractivity contribution in [3.8, 4) is 0 Å². The summed E-state index contributed by atoms with van der Waals surface area (Å²) in [6, 6.07) is 4.47. The number of piperazine rings is 1. The molecule has 24 heavy (non-hydrogen) atoms. The maximum Gasteiger partial charge on any atom is 0.251 e. The van der Waals surface area contributed by atoms with E-state index in [9.17, 15) is 9.59 Å². The van der Waals surface area contributed by atoms with Gasteiger partial charge in [0.25, 0.3) is 5.91 Å². The topological polar surface area (TPSA) is 64.1 Å². The molecule has 1 atom stereocenters. The Morgan fingerprint density at radius 3 is 2.50 bits per heavy atom. The van der Waals surface area contributed by atoms with Crippen molar-refractivity contribution in [2.24, 2.45) is 0 Å². The van der Waals surface area contributed by atoms with Crippen LogP contribution in [-0.2, 0) is 9.59 Å². The lowest BCUT2D eigenvalue weighted by Crippen LogP contribution is -2.53. The number of aliphatic hydroxyl groups is 1. The van der Waals surface area contributed by atoms with Crippen molar-refractivity contribution in [3.63, 3.8) is 0 Å². The van der Waals surface area contributed by atoms with Gasteiger partial charge in [0.05, 0.1) is 34.8 Å². The SMILES string of the molecule is O=C1CC(N2CCN(CCO)CC2)C(=O)N1c1cccc(Cl)c1Cl. The van der Waals surface area contributed by atoms with E-state index in [1.54, 1.807) is 18.2 Å². The number of rotatable bonds is 4. The van der Waals surface area contributed by atoms with E-state index in [1.165, 1.54) is 0 Å². The van der Waals surface area contributed by atoms with Crippen molar-refractivity contribution in [3.05, 3.63) is 28.2 Å². The average Bonchev–Trinajstić information content (AvgIpc) is 2.86. The predicted molar refractivity (Wildman–Crippen MR) is 92.5 cm³/mol. The van der Waals surface area contributed by atoms with E-state index in [0.29, 0.717) is 30.3 Å². The van der Waals surface area contributed by atoms with Gasteiger partial charge in [-0.05, 0) is 12.1 Å². The molecule has 3 rings (SSSR count). The number of amides is 2. The molecule has 2 aliphatic rings. The first-order valence-electron chi connectivity index (χ1n) is 7.91. The van der Waals surface area contributed by atoms with Crippen LogP contribution in [0.15, 0.2) is 18.2 Å². The monoisotopic (exact) mass is 371 g/mol. The average molecular weight is 372 g/mol. The molecule has 0 spiro atoms. The van der Waals surface area contributed by atoms with Crippen molar-refractivity contribution in [1.82, 2.24) is 9.80 Å². The maximum absolute atomic E-state index is 12.8. The fourth-order valence-electron chi connectivity index (χ4n) is 3.26. The third kappa shape index (κ3) is 3.30. The molecule has 0 aliphatic carbocycles. The fourth-order valence-corrected chi connectivity index (χ4v) is 3.64. The quantitative estimate of drug-likeness (QED) is 0.806. The number of carbonyl (C=O) groups excluding carboxylic acids is 2. The molecule has 0 saturated carbocycles. The van der Waals surface area contributed by atoms with Crippen LogP contribution < -0.4 is 4.90 Å². The van der Waals surface area contributed by atoms with Crippen LogP contribution in [0.1, 0.15) is 6.42 Å². The highest BCUT2D eigenvalue weighted by molar-refractivity contribution is 6.44. The Balaban J connectivity index is 1.74. The van der Waals surface area contributed by atoms with Crippen molar-refractivity contribution in [2.45, 2.75) is 12.5 Å². The molecule has 130 valence electrons. The molecule has 1 unspecified atom stereocenters. The van der Waals surface area contributed by atoms with E-state index in [4.69, 9.17) is 28.3 Å². The second-order valence-electron chi connectivity index (χ2n) is 5.96.